The molecule has 2 rings (SSSR count). The summed E-state index contributed by atoms with van der Waals surface area (Å²) in [5, 5.41) is 18.9. The normalized spacial score (nSPS) is 32.1. The minimum absolute atomic E-state index is 0.00141. The third-order valence-electron chi connectivity index (χ3n) is 4.38. The molecule has 6 nitrogen and oxygen atoms in total. The average molecular weight is 312 g/mol. The molecule has 0 radical (unpaired) electrons. The summed E-state index contributed by atoms with van der Waals surface area (Å²) in [5.41, 5.74) is 5.93. The molecular formula is C17H24N6. The Hall–Kier alpha value is -2.50. The van der Waals surface area contributed by atoms with E-state index in [0.29, 0.717) is 23.5 Å². The lowest BCUT2D eigenvalue weighted by atomic mass is 10.1. The Labute approximate surface area is 137 Å². The summed E-state index contributed by atoms with van der Waals surface area (Å²) >= 11 is 0. The van der Waals surface area contributed by atoms with Crippen LogP contribution in [0.25, 0.3) is 0 Å². The number of rotatable bonds is 5. The number of nitrogens with zero attached hydrogens (tertiary/aromatic N) is 3. The van der Waals surface area contributed by atoms with Gasteiger partial charge in [-0.2, -0.15) is 5.10 Å². The monoisotopic (exact) mass is 312 g/mol. The summed E-state index contributed by atoms with van der Waals surface area (Å²) in [7, 11) is 0. The van der Waals surface area contributed by atoms with Crippen molar-refractivity contribution in [2.45, 2.75) is 26.7 Å². The second-order valence-electron chi connectivity index (χ2n) is 5.85. The summed E-state index contributed by atoms with van der Waals surface area (Å²) in [4.78, 5) is 0. The topological polar surface area (TPSA) is 99.0 Å². The fourth-order valence-corrected chi connectivity index (χ4v) is 3.21. The smallest absolute Gasteiger partial charge is 0.193 e. The van der Waals surface area contributed by atoms with Gasteiger partial charge in [-0.3, -0.25) is 10.8 Å². The predicted octanol–water partition coefficient (Wildman–Crippen LogP) is 3.48. The number of nitrogens with two attached hydrogens (primary N) is 1. The van der Waals surface area contributed by atoms with E-state index < -0.39 is 0 Å². The highest BCUT2D eigenvalue weighted by Crippen LogP contribution is 2.54. The van der Waals surface area contributed by atoms with Gasteiger partial charge in [-0.05, 0) is 38.5 Å². The molecule has 1 fully saturated rings. The third kappa shape index (κ3) is 4.03. The van der Waals surface area contributed by atoms with Crippen LogP contribution in [-0.2, 0) is 0 Å². The van der Waals surface area contributed by atoms with Crippen molar-refractivity contribution >= 4 is 11.5 Å². The molecule has 1 aliphatic heterocycles. The first kappa shape index (κ1) is 16.9. The largest absolute Gasteiger partial charge is 0.305 e. The van der Waals surface area contributed by atoms with Gasteiger partial charge in [-0.1, -0.05) is 47.8 Å². The Kier molecular flexibility index (Phi) is 5.62. The molecule has 122 valence electrons. The van der Waals surface area contributed by atoms with Crippen LogP contribution in [0.4, 0.5) is 0 Å². The molecule has 3 unspecified atom stereocenters. The van der Waals surface area contributed by atoms with Crippen LogP contribution in [0.2, 0.25) is 0 Å². The molecule has 0 saturated heterocycles. The second kappa shape index (κ2) is 7.67. The van der Waals surface area contributed by atoms with E-state index in [9.17, 15) is 0 Å². The second-order valence-corrected chi connectivity index (χ2v) is 5.85. The molecule has 1 heterocycles. The molecule has 0 aromatic carbocycles. The summed E-state index contributed by atoms with van der Waals surface area (Å²) in [6.45, 7) is 7.89. The molecule has 0 aromatic heterocycles. The van der Waals surface area contributed by atoms with E-state index >= 15 is 0 Å². The zero-order valence-corrected chi connectivity index (χ0v) is 13.7. The van der Waals surface area contributed by atoms with Crippen LogP contribution in [0.3, 0.4) is 0 Å². The van der Waals surface area contributed by atoms with Crippen molar-refractivity contribution < 1.29 is 0 Å². The Morgan fingerprint density at radius 2 is 2.39 bits per heavy atom. The molecule has 4 N–H and O–H groups in total. The van der Waals surface area contributed by atoms with E-state index in [4.69, 9.17) is 11.3 Å². The number of hydrogen-bond donors (Lipinski definition) is 3. The van der Waals surface area contributed by atoms with Gasteiger partial charge in [0.05, 0.1) is 5.70 Å². The van der Waals surface area contributed by atoms with Crippen molar-refractivity contribution in [3.05, 3.63) is 48.2 Å². The zero-order chi connectivity index (χ0) is 16.8. The Morgan fingerprint density at radius 3 is 3.09 bits per heavy atom. The fourth-order valence-electron chi connectivity index (χ4n) is 3.21. The highest BCUT2D eigenvalue weighted by molar-refractivity contribution is 5.96. The molecule has 0 bridgehead atoms. The van der Waals surface area contributed by atoms with Gasteiger partial charge >= 0.3 is 0 Å². The molecule has 0 amide bonds. The van der Waals surface area contributed by atoms with Crippen LogP contribution >= 0.6 is 0 Å². The van der Waals surface area contributed by atoms with Gasteiger partial charge in [0.15, 0.2) is 5.84 Å². The Balaban J connectivity index is 2.09. The molecule has 23 heavy (non-hydrogen) atoms. The van der Waals surface area contributed by atoms with Gasteiger partial charge in [0.25, 0.3) is 0 Å². The first-order chi connectivity index (χ1) is 11.1. The number of nitrogens with one attached hydrogen (secondary N) is 2. The summed E-state index contributed by atoms with van der Waals surface area (Å²) < 4.78 is 0. The Bertz CT molecular complexity index is 623. The lowest BCUT2D eigenvalue weighted by Crippen LogP contribution is -2.17. The minimum atomic E-state index is 0.00141. The first-order valence-electron chi connectivity index (χ1n) is 7.74. The number of allylic oxidation sites excluding steroid dienone is 6. The van der Waals surface area contributed by atoms with E-state index in [-0.39, 0.29) is 5.84 Å². The molecule has 0 aromatic rings. The van der Waals surface area contributed by atoms with E-state index in [2.05, 4.69) is 46.5 Å². The van der Waals surface area contributed by atoms with Crippen LogP contribution in [-0.4, -0.2) is 11.5 Å². The molecule has 1 aliphatic carbocycles. The van der Waals surface area contributed by atoms with E-state index in [1.165, 1.54) is 5.57 Å². The molecule has 2 aliphatic rings. The van der Waals surface area contributed by atoms with Gasteiger partial charge < -0.3 is 5.84 Å². The van der Waals surface area contributed by atoms with Crippen LogP contribution in [0.5, 0.6) is 0 Å². The van der Waals surface area contributed by atoms with Crippen molar-refractivity contribution in [3.63, 3.8) is 0 Å². The predicted molar refractivity (Wildman–Crippen MR) is 93.9 cm³/mol. The van der Waals surface area contributed by atoms with Crippen molar-refractivity contribution in [1.29, 1.82) is 5.41 Å². The summed E-state index contributed by atoms with van der Waals surface area (Å²) in [6.07, 6.45) is 11.9. The van der Waals surface area contributed by atoms with Gasteiger partial charge in [0.1, 0.15) is 0 Å². The van der Waals surface area contributed by atoms with Crippen molar-refractivity contribution in [2.75, 3.05) is 0 Å². The maximum atomic E-state index is 7.79. The lowest BCUT2D eigenvalue weighted by Gasteiger charge is -2.08. The summed E-state index contributed by atoms with van der Waals surface area (Å²) in [6, 6.07) is 0. The van der Waals surface area contributed by atoms with E-state index in [0.717, 1.165) is 18.6 Å². The van der Waals surface area contributed by atoms with Gasteiger partial charge in [0.2, 0.25) is 0 Å². The van der Waals surface area contributed by atoms with Crippen LogP contribution < -0.4 is 11.3 Å². The van der Waals surface area contributed by atoms with E-state index in [1.807, 2.05) is 19.1 Å². The third-order valence-corrected chi connectivity index (χ3v) is 4.38. The standard InChI is InChI=1S/C17H24N6/c1-4-5-6-7-8-11(2)15-13-9-10-14(17(18)22-23-19)21-20-12(3)16(13)15/h4-6,8,10,13,15-16,21H,1,7,9H2,2-3H3,(H3,18,19,22)/b6-5?,11-8+,14-10+,20-12+. The molecule has 6 heteroatoms. The molecule has 3 atom stereocenters. The summed E-state index contributed by atoms with van der Waals surface area (Å²) in [5.74, 6) is 6.55. The highest BCUT2D eigenvalue weighted by atomic mass is 15.4. The number of amidine groups is 1. The van der Waals surface area contributed by atoms with Crippen molar-refractivity contribution in [3.8, 4) is 0 Å². The average Bonchev–Trinajstić information content (AvgIpc) is 3.23. The van der Waals surface area contributed by atoms with Crippen LogP contribution in [0.15, 0.2) is 63.7 Å². The first-order valence-corrected chi connectivity index (χ1v) is 7.74. The van der Waals surface area contributed by atoms with E-state index in [1.54, 1.807) is 6.08 Å². The maximum absolute atomic E-state index is 7.79. The number of hydrazone groups is 1. The Morgan fingerprint density at radius 1 is 1.61 bits per heavy atom. The van der Waals surface area contributed by atoms with Gasteiger partial charge in [0, 0.05) is 11.6 Å². The van der Waals surface area contributed by atoms with Crippen molar-refractivity contribution in [2.24, 2.45) is 39.0 Å². The molecule has 1 saturated carbocycles. The zero-order valence-electron chi connectivity index (χ0n) is 13.7. The van der Waals surface area contributed by atoms with Gasteiger partial charge in [-0.25, -0.2) is 0 Å². The highest BCUT2D eigenvalue weighted by Gasteiger charge is 2.51. The van der Waals surface area contributed by atoms with Crippen LogP contribution in [0, 0.1) is 23.2 Å². The SMILES string of the molecule is C=CC=CC/C=C(\C)C1C2C/C=C(\C(=N)N=NN)N/N=C(\C)C21. The fraction of sp³-hybridized carbons (Fsp3) is 0.412. The maximum Gasteiger partial charge on any atom is 0.193 e. The minimum Gasteiger partial charge on any atom is -0.305 e. The van der Waals surface area contributed by atoms with Crippen molar-refractivity contribution in [1.82, 2.24) is 5.43 Å². The number of fused-ring (bicyclic) bond motifs is 1. The lowest BCUT2D eigenvalue weighted by molar-refractivity contribution is 0.753. The van der Waals surface area contributed by atoms with Crippen LogP contribution in [0.1, 0.15) is 26.7 Å². The molecular weight excluding hydrogens is 288 g/mol. The van der Waals surface area contributed by atoms with Gasteiger partial charge in [-0.15, -0.1) is 5.11 Å². The quantitative estimate of drug-likeness (QED) is 0.138. The molecule has 0 spiro atoms. The number of hydrogen-bond acceptors (Lipinski definition) is 4.